The SMILES string of the molecule is C[C@H]1CC(c2nc(C=O)c(Br)[nH]2)N(C(=O)OC(C)(C)C)C1. The lowest BCUT2D eigenvalue weighted by Crippen LogP contribution is -2.37. The van der Waals surface area contributed by atoms with Gasteiger partial charge >= 0.3 is 6.09 Å². The molecule has 0 radical (unpaired) electrons. The number of hydrogen-bond acceptors (Lipinski definition) is 4. The molecule has 0 aliphatic carbocycles. The van der Waals surface area contributed by atoms with E-state index in [-0.39, 0.29) is 12.1 Å². The van der Waals surface area contributed by atoms with Crippen LogP contribution in [-0.2, 0) is 4.74 Å². The number of carbonyl (C=O) groups excluding carboxylic acids is 2. The first kappa shape index (κ1) is 16.0. The van der Waals surface area contributed by atoms with Crippen LogP contribution in [0.2, 0.25) is 0 Å². The molecule has 0 bridgehead atoms. The van der Waals surface area contributed by atoms with Crippen molar-refractivity contribution in [2.24, 2.45) is 5.92 Å². The first-order chi connectivity index (χ1) is 9.71. The third-order valence-corrected chi connectivity index (χ3v) is 3.87. The maximum absolute atomic E-state index is 12.3. The number of aromatic amines is 1. The highest BCUT2D eigenvalue weighted by Crippen LogP contribution is 2.35. The highest BCUT2D eigenvalue weighted by molar-refractivity contribution is 9.10. The molecule has 1 aliphatic rings. The summed E-state index contributed by atoms with van der Waals surface area (Å²) in [5.41, 5.74) is -0.223. The first-order valence-electron chi connectivity index (χ1n) is 6.91. The Balaban J connectivity index is 2.23. The summed E-state index contributed by atoms with van der Waals surface area (Å²) in [6.45, 7) is 8.22. The Hall–Kier alpha value is -1.37. The molecule has 2 heterocycles. The van der Waals surface area contributed by atoms with E-state index in [9.17, 15) is 9.59 Å². The second kappa shape index (κ2) is 5.79. The number of likely N-dealkylation sites (tertiary alicyclic amines) is 1. The van der Waals surface area contributed by atoms with Crippen molar-refractivity contribution in [2.45, 2.75) is 45.8 Å². The topological polar surface area (TPSA) is 75.3 Å². The molecule has 7 heteroatoms. The van der Waals surface area contributed by atoms with Crippen molar-refractivity contribution in [3.63, 3.8) is 0 Å². The highest BCUT2D eigenvalue weighted by atomic mass is 79.9. The van der Waals surface area contributed by atoms with Crippen molar-refractivity contribution in [3.8, 4) is 0 Å². The molecule has 1 aliphatic heterocycles. The zero-order chi connectivity index (χ0) is 15.8. The van der Waals surface area contributed by atoms with Gasteiger partial charge in [0.2, 0.25) is 0 Å². The molecule has 1 N–H and O–H groups in total. The summed E-state index contributed by atoms with van der Waals surface area (Å²) in [7, 11) is 0. The number of rotatable bonds is 2. The zero-order valence-corrected chi connectivity index (χ0v) is 14.2. The van der Waals surface area contributed by atoms with Gasteiger partial charge in [-0.15, -0.1) is 0 Å². The monoisotopic (exact) mass is 357 g/mol. The van der Waals surface area contributed by atoms with E-state index >= 15 is 0 Å². The van der Waals surface area contributed by atoms with Gasteiger partial charge in [-0.05, 0) is 49.0 Å². The van der Waals surface area contributed by atoms with Gasteiger partial charge in [-0.1, -0.05) is 6.92 Å². The number of aldehydes is 1. The molecule has 0 saturated carbocycles. The number of nitrogens with zero attached hydrogens (tertiary/aromatic N) is 2. The van der Waals surface area contributed by atoms with Gasteiger partial charge in [0.15, 0.2) is 6.29 Å². The summed E-state index contributed by atoms with van der Waals surface area (Å²) in [4.78, 5) is 32.2. The van der Waals surface area contributed by atoms with Crippen LogP contribution in [-0.4, -0.2) is 39.4 Å². The Morgan fingerprint density at radius 3 is 2.71 bits per heavy atom. The fourth-order valence-electron chi connectivity index (χ4n) is 2.45. The number of aromatic nitrogens is 2. The van der Waals surface area contributed by atoms with Gasteiger partial charge in [0, 0.05) is 6.54 Å². The van der Waals surface area contributed by atoms with Crippen LogP contribution in [0.1, 0.15) is 56.5 Å². The molecule has 1 amide bonds. The van der Waals surface area contributed by atoms with Crippen LogP contribution in [0, 0.1) is 5.92 Å². The summed E-state index contributed by atoms with van der Waals surface area (Å²) in [5, 5.41) is 0. The normalized spacial score (nSPS) is 22.4. The molecule has 116 valence electrons. The van der Waals surface area contributed by atoms with E-state index in [1.165, 1.54) is 0 Å². The number of hydrogen-bond donors (Lipinski definition) is 1. The molecule has 1 unspecified atom stereocenters. The van der Waals surface area contributed by atoms with Crippen molar-refractivity contribution >= 4 is 28.3 Å². The summed E-state index contributed by atoms with van der Waals surface area (Å²) < 4.78 is 5.99. The van der Waals surface area contributed by atoms with Crippen molar-refractivity contribution < 1.29 is 14.3 Å². The van der Waals surface area contributed by atoms with Gasteiger partial charge in [-0.2, -0.15) is 0 Å². The second-order valence-electron chi connectivity index (χ2n) is 6.43. The van der Waals surface area contributed by atoms with Gasteiger partial charge < -0.3 is 9.72 Å². The van der Waals surface area contributed by atoms with E-state index in [0.717, 1.165) is 6.42 Å². The zero-order valence-electron chi connectivity index (χ0n) is 12.6. The van der Waals surface area contributed by atoms with Crippen molar-refractivity contribution in [2.75, 3.05) is 6.54 Å². The minimum absolute atomic E-state index is 0.195. The van der Waals surface area contributed by atoms with Crippen LogP contribution < -0.4 is 0 Å². The Labute approximate surface area is 132 Å². The Kier molecular flexibility index (Phi) is 4.41. The van der Waals surface area contributed by atoms with Crippen LogP contribution in [0.15, 0.2) is 4.60 Å². The molecule has 1 aromatic rings. The van der Waals surface area contributed by atoms with Crippen molar-refractivity contribution in [1.29, 1.82) is 0 Å². The fourth-order valence-corrected chi connectivity index (χ4v) is 2.83. The van der Waals surface area contributed by atoms with Gasteiger partial charge in [-0.3, -0.25) is 9.69 Å². The third kappa shape index (κ3) is 3.64. The Morgan fingerprint density at radius 1 is 1.52 bits per heavy atom. The fraction of sp³-hybridized carbons (Fsp3) is 0.643. The predicted molar refractivity (Wildman–Crippen MR) is 81.1 cm³/mol. The van der Waals surface area contributed by atoms with E-state index < -0.39 is 5.60 Å². The third-order valence-electron chi connectivity index (χ3n) is 3.27. The molecule has 1 fully saturated rings. The lowest BCUT2D eigenvalue weighted by Gasteiger charge is -2.27. The molecule has 6 nitrogen and oxygen atoms in total. The molecular weight excluding hydrogens is 338 g/mol. The number of ether oxygens (including phenoxy) is 1. The largest absolute Gasteiger partial charge is 0.444 e. The Bertz CT molecular complexity index is 550. The highest BCUT2D eigenvalue weighted by Gasteiger charge is 2.38. The van der Waals surface area contributed by atoms with Gasteiger partial charge in [0.1, 0.15) is 21.7 Å². The average molecular weight is 358 g/mol. The maximum Gasteiger partial charge on any atom is 0.410 e. The summed E-state index contributed by atoms with van der Waals surface area (Å²) in [6, 6.07) is -0.195. The smallest absolute Gasteiger partial charge is 0.410 e. The van der Waals surface area contributed by atoms with Gasteiger partial charge in [-0.25, -0.2) is 9.78 Å². The van der Waals surface area contributed by atoms with E-state index in [4.69, 9.17) is 4.74 Å². The molecule has 2 rings (SSSR count). The Morgan fingerprint density at radius 2 is 2.19 bits per heavy atom. The van der Waals surface area contributed by atoms with Crippen LogP contribution in [0.3, 0.4) is 0 Å². The molecule has 21 heavy (non-hydrogen) atoms. The number of amides is 1. The molecule has 0 spiro atoms. The summed E-state index contributed by atoms with van der Waals surface area (Å²) in [5.74, 6) is 0.963. The molecular formula is C14H20BrN3O3. The number of carbonyl (C=O) groups is 2. The van der Waals surface area contributed by atoms with E-state index in [1.54, 1.807) is 4.90 Å². The maximum atomic E-state index is 12.3. The van der Waals surface area contributed by atoms with Crippen LogP contribution in [0.4, 0.5) is 4.79 Å². The predicted octanol–water partition coefficient (Wildman–Crippen LogP) is 3.30. The minimum atomic E-state index is -0.537. The molecule has 0 aromatic carbocycles. The second-order valence-corrected chi connectivity index (χ2v) is 7.22. The van der Waals surface area contributed by atoms with E-state index in [2.05, 4.69) is 32.8 Å². The molecule has 1 saturated heterocycles. The van der Waals surface area contributed by atoms with Crippen molar-refractivity contribution in [3.05, 3.63) is 16.1 Å². The van der Waals surface area contributed by atoms with Crippen LogP contribution in [0.25, 0.3) is 0 Å². The lowest BCUT2D eigenvalue weighted by atomic mass is 10.1. The van der Waals surface area contributed by atoms with Crippen LogP contribution in [0.5, 0.6) is 0 Å². The standard InChI is InChI=1S/C14H20BrN3O3/c1-8-5-10(12-16-9(7-19)11(15)17-12)18(6-8)13(20)21-14(2,3)4/h7-8,10H,5-6H2,1-4H3,(H,16,17)/t8-,10?/m0/s1. The number of imidazole rings is 1. The first-order valence-corrected chi connectivity index (χ1v) is 7.70. The van der Waals surface area contributed by atoms with Crippen molar-refractivity contribution in [1.82, 2.24) is 14.9 Å². The molecule has 1 aromatic heterocycles. The average Bonchev–Trinajstić information content (AvgIpc) is 2.90. The number of H-pyrrole nitrogens is 1. The van der Waals surface area contributed by atoms with E-state index in [0.29, 0.717) is 34.9 Å². The summed E-state index contributed by atoms with van der Waals surface area (Å²) in [6.07, 6.45) is 1.12. The molecule has 2 atom stereocenters. The lowest BCUT2D eigenvalue weighted by molar-refractivity contribution is 0.0214. The quantitative estimate of drug-likeness (QED) is 0.823. The van der Waals surface area contributed by atoms with Gasteiger partial charge in [0.05, 0.1) is 6.04 Å². The number of halogens is 1. The van der Waals surface area contributed by atoms with Gasteiger partial charge in [0.25, 0.3) is 0 Å². The van der Waals surface area contributed by atoms with E-state index in [1.807, 2.05) is 20.8 Å². The summed E-state index contributed by atoms with van der Waals surface area (Å²) >= 11 is 3.26. The minimum Gasteiger partial charge on any atom is -0.444 e. The number of nitrogens with one attached hydrogen (secondary N) is 1. The van der Waals surface area contributed by atoms with Crippen LogP contribution >= 0.6 is 15.9 Å².